The lowest BCUT2D eigenvalue weighted by Gasteiger charge is -2.21. The average Bonchev–Trinajstić information content (AvgIpc) is 3.00. The molecule has 1 aromatic heterocycles. The molecule has 0 unspecified atom stereocenters. The Bertz CT molecular complexity index is 713. The van der Waals surface area contributed by atoms with E-state index >= 15 is 0 Å². The molecule has 0 saturated carbocycles. The number of nitrogens with one attached hydrogen (secondary N) is 1. The van der Waals surface area contributed by atoms with Crippen LogP contribution in [0.2, 0.25) is 0 Å². The van der Waals surface area contributed by atoms with Crippen LogP contribution in [0.25, 0.3) is 0 Å². The van der Waals surface area contributed by atoms with Crippen LogP contribution in [0.15, 0.2) is 65.7 Å². The minimum absolute atomic E-state index is 0.213. The molecule has 0 aliphatic heterocycles. The summed E-state index contributed by atoms with van der Waals surface area (Å²) in [4.78, 5) is 0. The number of hydrogen-bond donors (Lipinski definition) is 2. The number of para-hydroxylation sites is 1. The molecule has 0 aliphatic carbocycles. The molecule has 5 nitrogen and oxygen atoms in total. The number of phenols is 1. The van der Waals surface area contributed by atoms with E-state index in [1.54, 1.807) is 29.5 Å². The molecule has 1 heterocycles. The van der Waals surface area contributed by atoms with E-state index in [4.69, 9.17) is 0 Å². The molecule has 106 valence electrons. The van der Waals surface area contributed by atoms with Gasteiger partial charge in [-0.3, -0.25) is 0 Å². The molecular weight excluding hydrogens is 332 g/mol. The van der Waals surface area contributed by atoms with E-state index in [0.29, 0.717) is 0 Å². The number of halogens is 1. The number of rotatable bonds is 4. The summed E-state index contributed by atoms with van der Waals surface area (Å²) in [6.07, 6.45) is 3.15. The van der Waals surface area contributed by atoms with Crippen molar-refractivity contribution in [2.75, 3.05) is 5.43 Å². The van der Waals surface area contributed by atoms with Gasteiger partial charge in [-0.1, -0.05) is 46.3 Å². The molecule has 2 aromatic carbocycles. The molecule has 0 fully saturated rings. The van der Waals surface area contributed by atoms with Gasteiger partial charge in [0.25, 0.3) is 0 Å². The molecule has 21 heavy (non-hydrogen) atoms. The highest BCUT2D eigenvalue weighted by atomic mass is 79.9. The lowest BCUT2D eigenvalue weighted by molar-refractivity contribution is 0.465. The summed E-state index contributed by atoms with van der Waals surface area (Å²) < 4.78 is 2.67. The minimum atomic E-state index is -0.213. The number of phenolic OH excluding ortho intramolecular Hbond substituents is 1. The van der Waals surface area contributed by atoms with Gasteiger partial charge in [0, 0.05) is 10.0 Å². The van der Waals surface area contributed by atoms with Gasteiger partial charge in [0.2, 0.25) is 0 Å². The Balaban J connectivity index is 2.02. The van der Waals surface area contributed by atoms with E-state index in [1.807, 2.05) is 36.4 Å². The molecular formula is C15H13BrN4O. The zero-order chi connectivity index (χ0) is 14.7. The predicted molar refractivity (Wildman–Crippen MR) is 83.5 cm³/mol. The van der Waals surface area contributed by atoms with E-state index in [2.05, 4.69) is 31.6 Å². The van der Waals surface area contributed by atoms with Crippen LogP contribution < -0.4 is 5.43 Å². The summed E-state index contributed by atoms with van der Waals surface area (Å²) in [5.74, 6) is 0.242. The fourth-order valence-corrected chi connectivity index (χ4v) is 2.39. The van der Waals surface area contributed by atoms with Gasteiger partial charge in [0.1, 0.15) is 18.4 Å². The van der Waals surface area contributed by atoms with Gasteiger partial charge in [-0.25, -0.2) is 4.68 Å². The number of benzene rings is 2. The normalized spacial score (nSPS) is 12.0. The monoisotopic (exact) mass is 344 g/mol. The fraction of sp³-hybridized carbons (Fsp3) is 0.0667. The highest BCUT2D eigenvalue weighted by Crippen LogP contribution is 2.30. The summed E-state index contributed by atoms with van der Waals surface area (Å²) in [6, 6.07) is 15.0. The second-order valence-corrected chi connectivity index (χ2v) is 5.46. The van der Waals surface area contributed by atoms with Crippen LogP contribution in [0.4, 0.5) is 0 Å². The average molecular weight is 345 g/mol. The molecule has 3 aromatic rings. The van der Waals surface area contributed by atoms with Crippen molar-refractivity contribution in [3.05, 3.63) is 76.8 Å². The Morgan fingerprint density at radius 1 is 1.00 bits per heavy atom. The highest BCUT2D eigenvalue weighted by Gasteiger charge is 2.17. The first-order valence-corrected chi connectivity index (χ1v) is 7.18. The molecule has 6 heteroatoms. The van der Waals surface area contributed by atoms with Crippen molar-refractivity contribution in [2.45, 2.75) is 6.04 Å². The van der Waals surface area contributed by atoms with Crippen LogP contribution >= 0.6 is 15.9 Å². The van der Waals surface area contributed by atoms with Crippen LogP contribution in [0.1, 0.15) is 17.2 Å². The topological polar surface area (TPSA) is 63.0 Å². The Labute approximate surface area is 130 Å². The molecule has 0 bridgehead atoms. The minimum Gasteiger partial charge on any atom is -0.508 e. The van der Waals surface area contributed by atoms with E-state index in [9.17, 15) is 5.11 Å². The van der Waals surface area contributed by atoms with Gasteiger partial charge in [0.05, 0.1) is 6.04 Å². The standard InChI is InChI=1S/C15H13BrN4O/c16-12-7-5-11(6-8-12)15(19-20-9-17-18-10-20)13-3-1-2-4-14(13)21/h1-10,15,19,21H/t15-/m0/s1. The molecule has 0 amide bonds. The quantitative estimate of drug-likeness (QED) is 0.763. The molecule has 1 atom stereocenters. The largest absolute Gasteiger partial charge is 0.508 e. The van der Waals surface area contributed by atoms with Crippen LogP contribution in [0, 0.1) is 0 Å². The number of aromatic hydroxyl groups is 1. The highest BCUT2D eigenvalue weighted by molar-refractivity contribution is 9.10. The maximum atomic E-state index is 10.1. The molecule has 0 saturated heterocycles. The second-order valence-electron chi connectivity index (χ2n) is 4.54. The number of nitrogens with zero attached hydrogens (tertiary/aromatic N) is 3. The molecule has 0 radical (unpaired) electrons. The van der Waals surface area contributed by atoms with Gasteiger partial charge in [0.15, 0.2) is 0 Å². The third kappa shape index (κ3) is 3.05. The third-order valence-electron chi connectivity index (χ3n) is 3.15. The first-order chi connectivity index (χ1) is 10.2. The van der Waals surface area contributed by atoms with E-state index < -0.39 is 0 Å². The fourth-order valence-electron chi connectivity index (χ4n) is 2.13. The summed E-state index contributed by atoms with van der Waals surface area (Å²) >= 11 is 3.43. The lowest BCUT2D eigenvalue weighted by atomic mass is 9.98. The van der Waals surface area contributed by atoms with Crippen LogP contribution in [0.3, 0.4) is 0 Å². The van der Waals surface area contributed by atoms with Gasteiger partial charge < -0.3 is 10.5 Å². The SMILES string of the molecule is Oc1ccccc1[C@@H](Nn1cnnc1)c1ccc(Br)cc1. The molecule has 2 N–H and O–H groups in total. The Morgan fingerprint density at radius 3 is 2.33 bits per heavy atom. The van der Waals surface area contributed by atoms with Crippen LogP contribution in [0.5, 0.6) is 5.75 Å². The predicted octanol–water partition coefficient (Wildman–Crippen LogP) is 3.08. The van der Waals surface area contributed by atoms with Crippen molar-refractivity contribution in [1.29, 1.82) is 0 Å². The van der Waals surface area contributed by atoms with Gasteiger partial charge in [-0.2, -0.15) is 0 Å². The van der Waals surface area contributed by atoms with Crippen molar-refractivity contribution >= 4 is 15.9 Å². The Kier molecular flexibility index (Phi) is 3.87. The third-order valence-corrected chi connectivity index (χ3v) is 3.68. The van der Waals surface area contributed by atoms with Crippen LogP contribution in [-0.2, 0) is 0 Å². The van der Waals surface area contributed by atoms with Crippen molar-refractivity contribution in [3.63, 3.8) is 0 Å². The summed E-state index contributed by atoms with van der Waals surface area (Å²) in [7, 11) is 0. The van der Waals surface area contributed by atoms with E-state index in [0.717, 1.165) is 15.6 Å². The summed E-state index contributed by atoms with van der Waals surface area (Å²) in [6.45, 7) is 0. The van der Waals surface area contributed by atoms with Crippen LogP contribution in [-0.4, -0.2) is 20.0 Å². The van der Waals surface area contributed by atoms with Crippen molar-refractivity contribution in [1.82, 2.24) is 14.9 Å². The van der Waals surface area contributed by atoms with Crippen molar-refractivity contribution in [3.8, 4) is 5.75 Å². The number of aromatic nitrogens is 3. The smallest absolute Gasteiger partial charge is 0.138 e. The summed E-state index contributed by atoms with van der Waals surface area (Å²) in [5, 5.41) is 17.7. The zero-order valence-electron chi connectivity index (χ0n) is 11.0. The Hall–Kier alpha value is -2.34. The first-order valence-electron chi connectivity index (χ1n) is 6.38. The molecule has 0 spiro atoms. The van der Waals surface area contributed by atoms with E-state index in [-0.39, 0.29) is 11.8 Å². The first kappa shape index (κ1) is 13.6. The van der Waals surface area contributed by atoms with Crippen molar-refractivity contribution in [2.24, 2.45) is 0 Å². The van der Waals surface area contributed by atoms with Gasteiger partial charge in [-0.15, -0.1) is 10.2 Å². The number of hydrogen-bond acceptors (Lipinski definition) is 4. The maximum Gasteiger partial charge on any atom is 0.138 e. The van der Waals surface area contributed by atoms with E-state index in [1.165, 1.54) is 0 Å². The Morgan fingerprint density at radius 2 is 1.67 bits per heavy atom. The van der Waals surface area contributed by atoms with Gasteiger partial charge >= 0.3 is 0 Å². The summed E-state index contributed by atoms with van der Waals surface area (Å²) in [5.41, 5.74) is 5.08. The lowest BCUT2D eigenvalue weighted by Crippen LogP contribution is -2.21. The second kappa shape index (κ2) is 5.97. The zero-order valence-corrected chi connectivity index (χ0v) is 12.6. The van der Waals surface area contributed by atoms with Crippen molar-refractivity contribution < 1.29 is 5.11 Å². The molecule has 0 aliphatic rings. The van der Waals surface area contributed by atoms with Gasteiger partial charge in [-0.05, 0) is 23.8 Å². The maximum absolute atomic E-state index is 10.1. The molecule has 3 rings (SSSR count).